The van der Waals surface area contributed by atoms with Crippen LogP contribution in [-0.2, 0) is 4.74 Å². The third kappa shape index (κ3) is 1.49. The van der Waals surface area contributed by atoms with Crippen LogP contribution in [0.25, 0.3) is 0 Å². The van der Waals surface area contributed by atoms with E-state index < -0.39 is 0 Å². The van der Waals surface area contributed by atoms with Crippen LogP contribution in [0.5, 0.6) is 0 Å². The second-order valence-electron chi connectivity index (χ2n) is 3.14. The largest absolute Gasteiger partial charge is 0.455 e. The smallest absolute Gasteiger partial charge is 0.282 e. The van der Waals surface area contributed by atoms with Crippen LogP contribution in [0.3, 0.4) is 0 Å². The fraction of sp³-hybridized carbons (Fsp3) is 0.300. The molecule has 1 aromatic carbocycles. The predicted molar refractivity (Wildman–Crippen MR) is 51.5 cm³/mol. The molecule has 0 bridgehead atoms. The topological polar surface area (TPSA) is 47.6 Å². The third-order valence-corrected chi connectivity index (χ3v) is 2.21. The standard InChI is InChI=1S/C10H12N2O/c1-7-4-2-3-5-8(7)9-6-12-10(11)13-9/h2-5,9H,6H2,1H3,(H2,11,12). The first kappa shape index (κ1) is 8.10. The lowest BCUT2D eigenvalue weighted by molar-refractivity contribution is 0.225. The minimum Gasteiger partial charge on any atom is -0.455 e. The zero-order valence-electron chi connectivity index (χ0n) is 7.53. The molecular formula is C10H12N2O. The highest BCUT2D eigenvalue weighted by atomic mass is 16.5. The average Bonchev–Trinajstić information content (AvgIpc) is 2.53. The Morgan fingerprint density at radius 3 is 2.85 bits per heavy atom. The fourth-order valence-electron chi connectivity index (χ4n) is 1.50. The van der Waals surface area contributed by atoms with Gasteiger partial charge in [0.25, 0.3) is 6.02 Å². The summed E-state index contributed by atoms with van der Waals surface area (Å²) in [6.07, 6.45) is 0.0150. The van der Waals surface area contributed by atoms with E-state index in [2.05, 4.69) is 18.0 Å². The Morgan fingerprint density at radius 1 is 1.46 bits per heavy atom. The van der Waals surface area contributed by atoms with E-state index in [0.717, 1.165) is 0 Å². The van der Waals surface area contributed by atoms with Crippen molar-refractivity contribution in [1.29, 1.82) is 0 Å². The van der Waals surface area contributed by atoms with Gasteiger partial charge < -0.3 is 10.5 Å². The minimum absolute atomic E-state index is 0.0150. The summed E-state index contributed by atoms with van der Waals surface area (Å²) in [5.74, 6) is 0. The Labute approximate surface area is 77.2 Å². The molecule has 0 aliphatic carbocycles. The van der Waals surface area contributed by atoms with Gasteiger partial charge in [0.2, 0.25) is 0 Å². The Morgan fingerprint density at radius 2 is 2.23 bits per heavy atom. The van der Waals surface area contributed by atoms with Gasteiger partial charge in [0, 0.05) is 0 Å². The zero-order valence-corrected chi connectivity index (χ0v) is 7.53. The molecule has 0 spiro atoms. The second-order valence-corrected chi connectivity index (χ2v) is 3.14. The Hall–Kier alpha value is -1.51. The van der Waals surface area contributed by atoms with Crippen LogP contribution in [0.15, 0.2) is 29.3 Å². The summed E-state index contributed by atoms with van der Waals surface area (Å²) in [6, 6.07) is 8.42. The molecule has 13 heavy (non-hydrogen) atoms. The Kier molecular flexibility index (Phi) is 1.93. The maximum Gasteiger partial charge on any atom is 0.282 e. The zero-order chi connectivity index (χ0) is 9.26. The summed E-state index contributed by atoms with van der Waals surface area (Å²) in [5, 5.41) is 0. The average molecular weight is 176 g/mol. The van der Waals surface area contributed by atoms with E-state index in [9.17, 15) is 0 Å². The Balaban J connectivity index is 2.23. The third-order valence-electron chi connectivity index (χ3n) is 2.21. The molecular weight excluding hydrogens is 164 g/mol. The maximum absolute atomic E-state index is 5.44. The maximum atomic E-state index is 5.44. The molecule has 3 nitrogen and oxygen atoms in total. The van der Waals surface area contributed by atoms with Crippen LogP contribution in [0, 0.1) is 6.92 Å². The summed E-state index contributed by atoms with van der Waals surface area (Å²) >= 11 is 0. The minimum atomic E-state index is 0.0150. The second kappa shape index (κ2) is 3.09. The van der Waals surface area contributed by atoms with Crippen LogP contribution in [0.1, 0.15) is 17.2 Å². The van der Waals surface area contributed by atoms with Gasteiger partial charge in [-0.2, -0.15) is 0 Å². The number of amidine groups is 1. The summed E-state index contributed by atoms with van der Waals surface area (Å²) in [7, 11) is 0. The van der Waals surface area contributed by atoms with Crippen LogP contribution < -0.4 is 5.73 Å². The normalized spacial score (nSPS) is 21.0. The number of nitrogens with two attached hydrogens (primary N) is 1. The number of aryl methyl sites for hydroxylation is 1. The Bertz CT molecular complexity index is 347. The lowest BCUT2D eigenvalue weighted by Gasteiger charge is -2.12. The molecule has 2 N–H and O–H groups in total. The van der Waals surface area contributed by atoms with Gasteiger partial charge in [-0.25, -0.2) is 4.99 Å². The quantitative estimate of drug-likeness (QED) is 0.702. The van der Waals surface area contributed by atoms with E-state index in [4.69, 9.17) is 10.5 Å². The monoisotopic (exact) mass is 176 g/mol. The van der Waals surface area contributed by atoms with Gasteiger partial charge in [-0.1, -0.05) is 24.3 Å². The van der Waals surface area contributed by atoms with Gasteiger partial charge in [0.15, 0.2) is 0 Å². The SMILES string of the molecule is Cc1ccccc1C1CN=C(N)O1. The fourth-order valence-corrected chi connectivity index (χ4v) is 1.50. The van der Waals surface area contributed by atoms with Crippen molar-refractivity contribution in [3.63, 3.8) is 0 Å². The van der Waals surface area contributed by atoms with E-state index in [1.165, 1.54) is 11.1 Å². The van der Waals surface area contributed by atoms with Crippen molar-refractivity contribution in [3.8, 4) is 0 Å². The molecule has 1 aliphatic rings. The molecule has 0 aromatic heterocycles. The number of nitrogens with zero attached hydrogens (tertiary/aromatic N) is 1. The van der Waals surface area contributed by atoms with Crippen molar-refractivity contribution in [2.24, 2.45) is 10.7 Å². The molecule has 68 valence electrons. The lowest BCUT2D eigenvalue weighted by Crippen LogP contribution is -2.13. The van der Waals surface area contributed by atoms with E-state index in [-0.39, 0.29) is 6.10 Å². The molecule has 0 saturated carbocycles. The number of aliphatic imine (C=N–C) groups is 1. The molecule has 1 atom stereocenters. The van der Waals surface area contributed by atoms with Crippen LogP contribution >= 0.6 is 0 Å². The first-order valence-electron chi connectivity index (χ1n) is 4.29. The van der Waals surface area contributed by atoms with E-state index in [1.54, 1.807) is 0 Å². The molecule has 1 aromatic rings. The number of ether oxygens (including phenoxy) is 1. The van der Waals surface area contributed by atoms with Gasteiger partial charge in [0.1, 0.15) is 6.10 Å². The number of benzene rings is 1. The van der Waals surface area contributed by atoms with Crippen molar-refractivity contribution >= 4 is 6.02 Å². The van der Waals surface area contributed by atoms with Gasteiger partial charge in [0.05, 0.1) is 6.54 Å². The molecule has 1 aliphatic heterocycles. The number of hydrogen-bond donors (Lipinski definition) is 1. The lowest BCUT2D eigenvalue weighted by atomic mass is 10.0. The predicted octanol–water partition coefficient (Wildman–Crippen LogP) is 1.38. The molecule has 0 amide bonds. The van der Waals surface area contributed by atoms with Gasteiger partial charge >= 0.3 is 0 Å². The van der Waals surface area contributed by atoms with Crippen molar-refractivity contribution in [2.45, 2.75) is 13.0 Å². The first-order chi connectivity index (χ1) is 6.27. The molecule has 0 fully saturated rings. The molecule has 1 heterocycles. The van der Waals surface area contributed by atoms with Gasteiger partial charge in [-0.3, -0.25) is 0 Å². The van der Waals surface area contributed by atoms with Crippen LogP contribution in [-0.4, -0.2) is 12.6 Å². The van der Waals surface area contributed by atoms with E-state index in [0.29, 0.717) is 12.6 Å². The van der Waals surface area contributed by atoms with Crippen molar-refractivity contribution in [3.05, 3.63) is 35.4 Å². The summed E-state index contributed by atoms with van der Waals surface area (Å²) < 4.78 is 5.36. The van der Waals surface area contributed by atoms with Crippen LogP contribution in [0.4, 0.5) is 0 Å². The molecule has 0 radical (unpaired) electrons. The molecule has 0 saturated heterocycles. The summed E-state index contributed by atoms with van der Waals surface area (Å²) in [4.78, 5) is 4.01. The highest BCUT2D eigenvalue weighted by molar-refractivity contribution is 5.73. The first-order valence-corrected chi connectivity index (χ1v) is 4.29. The van der Waals surface area contributed by atoms with Crippen molar-refractivity contribution < 1.29 is 4.74 Å². The summed E-state index contributed by atoms with van der Waals surface area (Å²) in [6.45, 7) is 2.70. The van der Waals surface area contributed by atoms with Gasteiger partial charge in [-0.15, -0.1) is 0 Å². The molecule has 2 rings (SSSR count). The summed E-state index contributed by atoms with van der Waals surface area (Å²) in [5.41, 5.74) is 7.83. The van der Waals surface area contributed by atoms with Crippen molar-refractivity contribution in [1.82, 2.24) is 0 Å². The van der Waals surface area contributed by atoms with E-state index in [1.807, 2.05) is 18.2 Å². The van der Waals surface area contributed by atoms with Crippen LogP contribution in [0.2, 0.25) is 0 Å². The number of hydrogen-bond acceptors (Lipinski definition) is 3. The molecule has 3 heteroatoms. The van der Waals surface area contributed by atoms with Gasteiger partial charge in [-0.05, 0) is 18.1 Å². The number of rotatable bonds is 1. The highest BCUT2D eigenvalue weighted by Crippen LogP contribution is 2.24. The molecule has 1 unspecified atom stereocenters. The van der Waals surface area contributed by atoms with Crippen molar-refractivity contribution in [2.75, 3.05) is 6.54 Å². The highest BCUT2D eigenvalue weighted by Gasteiger charge is 2.20. The van der Waals surface area contributed by atoms with E-state index >= 15 is 0 Å².